The highest BCUT2D eigenvalue weighted by molar-refractivity contribution is 7.99. The lowest BCUT2D eigenvalue weighted by Crippen LogP contribution is -2.50. The Bertz CT molecular complexity index is 1030. The van der Waals surface area contributed by atoms with E-state index >= 15 is 0 Å². The van der Waals surface area contributed by atoms with Crippen molar-refractivity contribution in [3.05, 3.63) is 73.8 Å². The van der Waals surface area contributed by atoms with Gasteiger partial charge < -0.3 is 10.2 Å². The first-order chi connectivity index (χ1) is 16.2. The minimum absolute atomic E-state index is 0.0275. The van der Waals surface area contributed by atoms with Crippen LogP contribution in [0.5, 0.6) is 0 Å². The predicted octanol–water partition coefficient (Wildman–Crippen LogP) is 5.61. The fourth-order valence-electron chi connectivity index (χ4n) is 3.86. The minimum Gasteiger partial charge on any atom is -0.352 e. The maximum Gasteiger partial charge on any atom is 0.269 e. The molecule has 0 aromatic heterocycles. The van der Waals surface area contributed by atoms with Crippen molar-refractivity contribution in [2.45, 2.75) is 57.0 Å². The van der Waals surface area contributed by atoms with Crippen LogP contribution in [0.4, 0.5) is 5.69 Å². The number of amides is 2. The van der Waals surface area contributed by atoms with Crippen LogP contribution < -0.4 is 5.32 Å². The molecule has 10 heteroatoms. The van der Waals surface area contributed by atoms with Gasteiger partial charge in [0, 0.05) is 30.5 Å². The van der Waals surface area contributed by atoms with Gasteiger partial charge in [0.1, 0.15) is 6.04 Å². The number of thioether (sulfide) groups is 1. The van der Waals surface area contributed by atoms with Crippen molar-refractivity contribution in [1.82, 2.24) is 10.2 Å². The number of non-ortho nitro benzene ring substituents is 1. The SMILES string of the molecule is C[C@@H](C(=O)NC1CCCC1)N(Cc1ccc(Cl)c(Cl)c1)C(=O)CSCc1ccc([N+](=O)[O-])cc1. The second-order valence-corrected chi connectivity index (χ2v) is 10.2. The first-order valence-electron chi connectivity index (χ1n) is 11.1. The first kappa shape index (κ1) is 26.3. The maximum atomic E-state index is 13.2. The van der Waals surface area contributed by atoms with Gasteiger partial charge in [0.05, 0.1) is 20.7 Å². The quantitative estimate of drug-likeness (QED) is 0.322. The standard InChI is InChI=1S/C24H27Cl2N3O4S/c1-16(24(31)27-19-4-2-3-5-19)28(13-18-8-11-21(25)22(26)12-18)23(30)15-34-14-17-6-9-20(10-7-17)29(32)33/h6-12,16,19H,2-5,13-15H2,1H3,(H,27,31)/t16-/m0/s1. The molecule has 2 aromatic carbocycles. The number of halogens is 2. The van der Waals surface area contributed by atoms with Crippen molar-refractivity contribution in [2.24, 2.45) is 0 Å². The predicted molar refractivity (Wildman–Crippen MR) is 136 cm³/mol. The van der Waals surface area contributed by atoms with E-state index in [1.54, 1.807) is 42.2 Å². The number of carbonyl (C=O) groups excluding carboxylic acids is 2. The smallest absolute Gasteiger partial charge is 0.269 e. The molecule has 182 valence electrons. The molecular weight excluding hydrogens is 497 g/mol. The number of carbonyl (C=O) groups is 2. The summed E-state index contributed by atoms with van der Waals surface area (Å²) in [5.41, 5.74) is 1.69. The van der Waals surface area contributed by atoms with Crippen molar-refractivity contribution < 1.29 is 14.5 Å². The van der Waals surface area contributed by atoms with Gasteiger partial charge >= 0.3 is 0 Å². The number of benzene rings is 2. The molecule has 1 atom stereocenters. The summed E-state index contributed by atoms with van der Waals surface area (Å²) in [5.74, 6) is 0.347. The number of nitrogens with one attached hydrogen (secondary N) is 1. The number of rotatable bonds is 10. The van der Waals surface area contributed by atoms with Gasteiger partial charge in [0.25, 0.3) is 5.69 Å². The maximum absolute atomic E-state index is 13.2. The highest BCUT2D eigenvalue weighted by Gasteiger charge is 2.28. The van der Waals surface area contributed by atoms with E-state index in [9.17, 15) is 19.7 Å². The third-order valence-corrected chi connectivity index (χ3v) is 7.57. The molecule has 0 saturated heterocycles. The van der Waals surface area contributed by atoms with E-state index < -0.39 is 11.0 Å². The number of nitro groups is 1. The molecule has 3 rings (SSSR count). The van der Waals surface area contributed by atoms with E-state index in [4.69, 9.17) is 23.2 Å². The Labute approximate surface area is 213 Å². The van der Waals surface area contributed by atoms with Gasteiger partial charge in [-0.15, -0.1) is 11.8 Å². The Morgan fingerprint density at radius 3 is 2.38 bits per heavy atom. The fourth-order valence-corrected chi connectivity index (χ4v) is 5.05. The third kappa shape index (κ3) is 7.35. The van der Waals surface area contributed by atoms with Crippen molar-refractivity contribution in [2.75, 3.05) is 5.75 Å². The van der Waals surface area contributed by atoms with Crippen LogP contribution in [0.2, 0.25) is 10.0 Å². The molecule has 7 nitrogen and oxygen atoms in total. The van der Waals surface area contributed by atoms with Crippen LogP contribution in [-0.4, -0.2) is 39.5 Å². The molecule has 0 radical (unpaired) electrons. The van der Waals surface area contributed by atoms with E-state index in [2.05, 4.69) is 5.32 Å². The molecule has 2 amide bonds. The lowest BCUT2D eigenvalue weighted by atomic mass is 10.1. The average Bonchev–Trinajstić information content (AvgIpc) is 3.32. The average molecular weight is 524 g/mol. The van der Waals surface area contributed by atoms with Gasteiger partial charge in [0.15, 0.2) is 0 Å². The molecule has 1 aliphatic rings. The molecule has 0 heterocycles. The van der Waals surface area contributed by atoms with Gasteiger partial charge in [-0.05, 0) is 43.0 Å². The Kier molecular flexibility index (Phi) is 9.62. The molecule has 1 N–H and O–H groups in total. The van der Waals surface area contributed by atoms with Crippen LogP contribution in [0.15, 0.2) is 42.5 Å². The monoisotopic (exact) mass is 523 g/mol. The van der Waals surface area contributed by atoms with Crippen LogP contribution in [0, 0.1) is 10.1 Å². The highest BCUT2D eigenvalue weighted by atomic mass is 35.5. The second kappa shape index (κ2) is 12.4. The van der Waals surface area contributed by atoms with E-state index in [-0.39, 0.29) is 35.8 Å². The largest absolute Gasteiger partial charge is 0.352 e. The third-order valence-electron chi connectivity index (χ3n) is 5.85. The van der Waals surface area contributed by atoms with Gasteiger partial charge in [-0.2, -0.15) is 0 Å². The second-order valence-electron chi connectivity index (χ2n) is 8.35. The number of nitro benzene ring substituents is 1. The fraction of sp³-hybridized carbons (Fsp3) is 0.417. The lowest BCUT2D eigenvalue weighted by Gasteiger charge is -2.30. The van der Waals surface area contributed by atoms with Crippen LogP contribution in [0.25, 0.3) is 0 Å². The molecule has 1 aliphatic carbocycles. The Morgan fingerprint density at radius 2 is 1.76 bits per heavy atom. The van der Waals surface area contributed by atoms with Crippen LogP contribution in [-0.2, 0) is 21.9 Å². The highest BCUT2D eigenvalue weighted by Crippen LogP contribution is 2.25. The normalized spacial score (nSPS) is 14.6. The summed E-state index contributed by atoms with van der Waals surface area (Å²) in [5, 5.41) is 14.7. The summed E-state index contributed by atoms with van der Waals surface area (Å²) in [7, 11) is 0. The van der Waals surface area contributed by atoms with E-state index in [1.165, 1.54) is 23.9 Å². The number of hydrogen-bond donors (Lipinski definition) is 1. The summed E-state index contributed by atoms with van der Waals surface area (Å²) in [6.07, 6.45) is 4.13. The molecular formula is C24H27Cl2N3O4S. The Hall–Kier alpha value is -2.29. The summed E-state index contributed by atoms with van der Waals surface area (Å²) in [6, 6.07) is 10.9. The van der Waals surface area contributed by atoms with Crippen LogP contribution in [0.1, 0.15) is 43.7 Å². The van der Waals surface area contributed by atoms with Crippen LogP contribution >= 0.6 is 35.0 Å². The van der Waals surface area contributed by atoms with Gasteiger partial charge in [-0.3, -0.25) is 19.7 Å². The van der Waals surface area contributed by atoms with Gasteiger partial charge in [-0.1, -0.05) is 54.2 Å². The molecule has 0 aliphatic heterocycles. The minimum atomic E-state index is -0.650. The van der Waals surface area contributed by atoms with Gasteiger partial charge in [-0.25, -0.2) is 0 Å². The Morgan fingerprint density at radius 1 is 1.12 bits per heavy atom. The summed E-state index contributed by atoms with van der Waals surface area (Å²) in [4.78, 5) is 38.0. The molecule has 0 spiro atoms. The van der Waals surface area contributed by atoms with E-state index in [0.717, 1.165) is 36.8 Å². The molecule has 1 fully saturated rings. The van der Waals surface area contributed by atoms with Gasteiger partial charge in [0.2, 0.25) is 11.8 Å². The molecule has 2 aromatic rings. The van der Waals surface area contributed by atoms with E-state index in [0.29, 0.717) is 15.8 Å². The van der Waals surface area contributed by atoms with E-state index in [1.807, 2.05) is 0 Å². The molecule has 0 unspecified atom stereocenters. The van der Waals surface area contributed by atoms with Crippen molar-refractivity contribution in [3.8, 4) is 0 Å². The molecule has 34 heavy (non-hydrogen) atoms. The van der Waals surface area contributed by atoms with Crippen molar-refractivity contribution in [3.63, 3.8) is 0 Å². The topological polar surface area (TPSA) is 92.6 Å². The summed E-state index contributed by atoms with van der Waals surface area (Å²) in [6.45, 7) is 1.97. The molecule has 0 bridgehead atoms. The van der Waals surface area contributed by atoms with Crippen molar-refractivity contribution in [1.29, 1.82) is 0 Å². The molecule has 1 saturated carbocycles. The lowest BCUT2D eigenvalue weighted by molar-refractivity contribution is -0.384. The zero-order chi connectivity index (χ0) is 24.7. The summed E-state index contributed by atoms with van der Waals surface area (Å²) < 4.78 is 0. The zero-order valence-electron chi connectivity index (χ0n) is 18.8. The summed E-state index contributed by atoms with van der Waals surface area (Å²) >= 11 is 13.6. The number of hydrogen-bond acceptors (Lipinski definition) is 5. The first-order valence-corrected chi connectivity index (χ1v) is 13.0. The van der Waals surface area contributed by atoms with Crippen molar-refractivity contribution >= 4 is 52.5 Å². The van der Waals surface area contributed by atoms with Crippen LogP contribution in [0.3, 0.4) is 0 Å². The Balaban J connectivity index is 1.66. The zero-order valence-corrected chi connectivity index (χ0v) is 21.2. The number of nitrogens with zero attached hydrogens (tertiary/aromatic N) is 2.